The van der Waals surface area contributed by atoms with Crippen LogP contribution in [0.4, 0.5) is 0 Å². The third-order valence-electron chi connectivity index (χ3n) is 5.81. The molecule has 1 aromatic heterocycles. The fourth-order valence-electron chi connectivity index (χ4n) is 4.09. The summed E-state index contributed by atoms with van der Waals surface area (Å²) in [5, 5.41) is 5.51. The maximum Gasteiger partial charge on any atom is 0.277 e. The summed E-state index contributed by atoms with van der Waals surface area (Å²) in [5.74, 6) is 0.172. The average Bonchev–Trinajstić information content (AvgIpc) is 3.33. The zero-order valence-corrected chi connectivity index (χ0v) is 21.7. The zero-order chi connectivity index (χ0) is 26.3. The molecule has 0 saturated heterocycles. The summed E-state index contributed by atoms with van der Waals surface area (Å²) in [6.07, 6.45) is 1.65. The van der Waals surface area contributed by atoms with Crippen LogP contribution in [-0.2, 0) is 4.79 Å². The molecule has 0 fully saturated rings. The molecular formula is C31H23Cl2N3O2. The van der Waals surface area contributed by atoms with Gasteiger partial charge >= 0.3 is 0 Å². The molecule has 0 aliphatic heterocycles. The number of amides is 1. The van der Waals surface area contributed by atoms with Gasteiger partial charge in [0.1, 0.15) is 5.75 Å². The highest BCUT2D eigenvalue weighted by Crippen LogP contribution is 2.35. The van der Waals surface area contributed by atoms with E-state index in [4.69, 9.17) is 27.9 Å². The van der Waals surface area contributed by atoms with Crippen LogP contribution in [0.3, 0.4) is 0 Å². The van der Waals surface area contributed by atoms with Crippen LogP contribution in [0.2, 0.25) is 10.0 Å². The van der Waals surface area contributed by atoms with Crippen molar-refractivity contribution in [3.8, 4) is 34.0 Å². The largest absolute Gasteiger partial charge is 0.484 e. The number of aromatic nitrogens is 1. The summed E-state index contributed by atoms with van der Waals surface area (Å²) in [6, 6.07) is 36.8. The molecule has 0 atom stereocenters. The van der Waals surface area contributed by atoms with Gasteiger partial charge in [-0.25, -0.2) is 5.43 Å². The lowest BCUT2D eigenvalue weighted by atomic mass is 10.1. The first-order chi connectivity index (χ1) is 18.6. The first kappa shape index (κ1) is 25.3. The zero-order valence-electron chi connectivity index (χ0n) is 20.2. The molecule has 38 heavy (non-hydrogen) atoms. The maximum absolute atomic E-state index is 12.4. The Hall–Kier alpha value is -4.32. The Balaban J connectivity index is 1.49. The number of nitrogens with zero attached hydrogens (tertiary/aromatic N) is 2. The van der Waals surface area contributed by atoms with Crippen molar-refractivity contribution in [3.05, 3.63) is 131 Å². The van der Waals surface area contributed by atoms with E-state index in [9.17, 15) is 4.79 Å². The second-order valence-electron chi connectivity index (χ2n) is 8.41. The van der Waals surface area contributed by atoms with Gasteiger partial charge in [0, 0.05) is 21.3 Å². The Bertz CT molecular complexity index is 1550. The quantitative estimate of drug-likeness (QED) is 0.162. The van der Waals surface area contributed by atoms with Gasteiger partial charge in [-0.15, -0.1) is 0 Å². The van der Waals surface area contributed by atoms with Gasteiger partial charge in [0.15, 0.2) is 6.61 Å². The fourth-order valence-corrected chi connectivity index (χ4v) is 4.34. The standard InChI is InChI=1S/C31H23Cl2N3O2/c32-25-11-15-27(16-12-25)36-29(22-7-3-1-4-8-22)19-24(31(36)23-9-5-2-6-10-23)20-34-35-30(37)21-38-28-17-13-26(33)14-18-28/h1-20H,21H2,(H,35,37). The minimum Gasteiger partial charge on any atom is -0.484 e. The molecule has 1 heterocycles. The number of benzene rings is 4. The van der Waals surface area contributed by atoms with E-state index in [1.54, 1.807) is 30.5 Å². The van der Waals surface area contributed by atoms with E-state index in [1.165, 1.54) is 0 Å². The molecule has 1 amide bonds. The first-order valence-corrected chi connectivity index (χ1v) is 12.7. The molecule has 0 aliphatic carbocycles. The van der Waals surface area contributed by atoms with Crippen LogP contribution in [-0.4, -0.2) is 23.3 Å². The Morgan fingerprint density at radius 1 is 0.789 bits per heavy atom. The Morgan fingerprint density at radius 2 is 1.37 bits per heavy atom. The first-order valence-electron chi connectivity index (χ1n) is 11.9. The lowest BCUT2D eigenvalue weighted by molar-refractivity contribution is -0.123. The number of rotatable bonds is 8. The van der Waals surface area contributed by atoms with Gasteiger partial charge in [-0.2, -0.15) is 5.10 Å². The van der Waals surface area contributed by atoms with E-state index in [1.807, 2.05) is 72.8 Å². The van der Waals surface area contributed by atoms with Crippen molar-refractivity contribution in [2.24, 2.45) is 5.10 Å². The Kier molecular flexibility index (Phi) is 7.88. The summed E-state index contributed by atoms with van der Waals surface area (Å²) < 4.78 is 7.68. The Labute approximate surface area is 230 Å². The molecule has 188 valence electrons. The highest BCUT2D eigenvalue weighted by Gasteiger charge is 2.18. The van der Waals surface area contributed by atoms with Crippen LogP contribution in [0.15, 0.2) is 120 Å². The van der Waals surface area contributed by atoms with Crippen LogP contribution >= 0.6 is 23.2 Å². The highest BCUT2D eigenvalue weighted by atomic mass is 35.5. The van der Waals surface area contributed by atoms with E-state index in [2.05, 4.69) is 33.3 Å². The van der Waals surface area contributed by atoms with E-state index in [0.29, 0.717) is 15.8 Å². The minimum atomic E-state index is -0.377. The molecular weight excluding hydrogens is 517 g/mol. The molecule has 1 N–H and O–H groups in total. The van der Waals surface area contributed by atoms with Crippen molar-refractivity contribution in [1.29, 1.82) is 0 Å². The summed E-state index contributed by atoms with van der Waals surface area (Å²) in [7, 11) is 0. The molecule has 0 saturated carbocycles. The van der Waals surface area contributed by atoms with Gasteiger partial charge in [-0.3, -0.25) is 4.79 Å². The summed E-state index contributed by atoms with van der Waals surface area (Å²) in [5.41, 5.74) is 8.30. The molecule has 0 aliphatic rings. The van der Waals surface area contributed by atoms with Crippen molar-refractivity contribution in [2.75, 3.05) is 6.61 Å². The minimum absolute atomic E-state index is 0.175. The number of halogens is 2. The number of carbonyl (C=O) groups excluding carboxylic acids is 1. The lowest BCUT2D eigenvalue weighted by Crippen LogP contribution is -2.24. The van der Waals surface area contributed by atoms with Crippen LogP contribution < -0.4 is 10.2 Å². The molecule has 5 nitrogen and oxygen atoms in total. The summed E-state index contributed by atoms with van der Waals surface area (Å²) >= 11 is 12.1. The van der Waals surface area contributed by atoms with Crippen molar-refractivity contribution >= 4 is 35.3 Å². The lowest BCUT2D eigenvalue weighted by Gasteiger charge is -2.15. The Morgan fingerprint density at radius 3 is 2.00 bits per heavy atom. The average molecular weight is 540 g/mol. The predicted molar refractivity (Wildman–Crippen MR) is 154 cm³/mol. The van der Waals surface area contributed by atoms with Gasteiger partial charge in [-0.05, 0) is 65.7 Å². The highest BCUT2D eigenvalue weighted by molar-refractivity contribution is 6.30. The van der Waals surface area contributed by atoms with Gasteiger partial charge in [0.05, 0.1) is 17.6 Å². The van der Waals surface area contributed by atoms with Crippen LogP contribution in [0.1, 0.15) is 5.56 Å². The predicted octanol–water partition coefficient (Wildman–Crippen LogP) is 7.65. The van der Waals surface area contributed by atoms with E-state index in [0.717, 1.165) is 33.8 Å². The smallest absolute Gasteiger partial charge is 0.277 e. The monoisotopic (exact) mass is 539 g/mol. The third-order valence-corrected chi connectivity index (χ3v) is 6.31. The van der Waals surface area contributed by atoms with Gasteiger partial charge in [0.2, 0.25) is 0 Å². The number of carbonyl (C=O) groups is 1. The van der Waals surface area contributed by atoms with Crippen LogP contribution in [0.25, 0.3) is 28.2 Å². The van der Waals surface area contributed by atoms with Gasteiger partial charge in [0.25, 0.3) is 5.91 Å². The molecule has 4 aromatic carbocycles. The fraction of sp³-hybridized carbons (Fsp3) is 0.0323. The van der Waals surface area contributed by atoms with Gasteiger partial charge in [-0.1, -0.05) is 83.9 Å². The van der Waals surface area contributed by atoms with Crippen molar-refractivity contribution in [1.82, 2.24) is 9.99 Å². The maximum atomic E-state index is 12.4. The number of hydrogen-bond donors (Lipinski definition) is 1. The molecule has 5 aromatic rings. The molecule has 0 bridgehead atoms. The van der Waals surface area contributed by atoms with E-state index < -0.39 is 0 Å². The van der Waals surface area contributed by atoms with Crippen LogP contribution in [0.5, 0.6) is 5.75 Å². The molecule has 5 rings (SSSR count). The topological polar surface area (TPSA) is 55.6 Å². The second kappa shape index (κ2) is 11.8. The second-order valence-corrected chi connectivity index (χ2v) is 9.29. The molecule has 7 heteroatoms. The summed E-state index contributed by atoms with van der Waals surface area (Å²) in [4.78, 5) is 12.4. The number of hydrazone groups is 1. The molecule has 0 radical (unpaired) electrons. The summed E-state index contributed by atoms with van der Waals surface area (Å²) in [6.45, 7) is -0.175. The number of hydrogen-bond acceptors (Lipinski definition) is 3. The molecule has 0 spiro atoms. The third kappa shape index (κ3) is 5.97. The van der Waals surface area contributed by atoms with Crippen LogP contribution in [0, 0.1) is 0 Å². The van der Waals surface area contributed by atoms with Crippen molar-refractivity contribution in [3.63, 3.8) is 0 Å². The number of nitrogens with one attached hydrogen (secondary N) is 1. The van der Waals surface area contributed by atoms with Gasteiger partial charge < -0.3 is 9.30 Å². The molecule has 0 unspecified atom stereocenters. The number of ether oxygens (including phenoxy) is 1. The normalized spacial score (nSPS) is 11.0. The van der Waals surface area contributed by atoms with Crippen molar-refractivity contribution in [2.45, 2.75) is 0 Å². The SMILES string of the molecule is O=C(COc1ccc(Cl)cc1)NN=Cc1cc(-c2ccccc2)n(-c2ccc(Cl)cc2)c1-c1ccccc1. The van der Waals surface area contributed by atoms with E-state index in [-0.39, 0.29) is 12.5 Å². The van der Waals surface area contributed by atoms with Crippen molar-refractivity contribution < 1.29 is 9.53 Å². The van der Waals surface area contributed by atoms with E-state index >= 15 is 0 Å².